The minimum Gasteiger partial charge on any atom is -0.497 e. The van der Waals surface area contributed by atoms with E-state index < -0.39 is 4.87 Å². The largest absolute Gasteiger partial charge is 0.497 e. The van der Waals surface area contributed by atoms with Gasteiger partial charge >= 0.3 is 0 Å². The molecule has 1 saturated heterocycles. The highest BCUT2D eigenvalue weighted by Crippen LogP contribution is 2.55. The average molecular weight is 479 g/mol. The third-order valence-electron chi connectivity index (χ3n) is 6.22. The van der Waals surface area contributed by atoms with Crippen molar-refractivity contribution in [1.82, 2.24) is 4.90 Å². The fourth-order valence-corrected chi connectivity index (χ4v) is 6.01. The number of hydrogen-bond acceptors (Lipinski definition) is 5. The maximum absolute atomic E-state index is 14.1. The Labute approximate surface area is 201 Å². The van der Waals surface area contributed by atoms with E-state index in [0.29, 0.717) is 35.0 Å². The number of ether oxygens (including phenoxy) is 2. The second-order valence-electron chi connectivity index (χ2n) is 8.08. The van der Waals surface area contributed by atoms with Crippen molar-refractivity contribution < 1.29 is 23.5 Å². The minimum atomic E-state index is -1.20. The second-order valence-corrected chi connectivity index (χ2v) is 9.37. The molecule has 2 aliphatic heterocycles. The molecule has 0 saturated carbocycles. The number of anilines is 1. The Morgan fingerprint density at radius 3 is 2.50 bits per heavy atom. The fourth-order valence-electron chi connectivity index (χ4n) is 4.56. The monoisotopic (exact) mass is 478 g/mol. The van der Waals surface area contributed by atoms with E-state index in [2.05, 4.69) is 0 Å². The SMILES string of the molecule is COc1cccc(C(=O)N2CCS[C@@]23C(=O)N(Cc2ccc(F)cc2)c2ccc(OC)cc23)c1. The number of rotatable bonds is 5. The Morgan fingerprint density at radius 1 is 1.03 bits per heavy atom. The molecule has 3 aromatic carbocycles. The van der Waals surface area contributed by atoms with Gasteiger partial charge in [-0.1, -0.05) is 18.2 Å². The molecule has 2 amide bonds. The number of halogens is 1. The van der Waals surface area contributed by atoms with E-state index in [1.807, 2.05) is 12.1 Å². The van der Waals surface area contributed by atoms with Gasteiger partial charge < -0.3 is 19.3 Å². The van der Waals surface area contributed by atoms with E-state index in [-0.39, 0.29) is 24.2 Å². The summed E-state index contributed by atoms with van der Waals surface area (Å²) in [5.74, 6) is 1.02. The molecular formula is C26H23FN2O4S. The standard InChI is InChI=1S/C26H23FN2O4S/c1-32-20-5-3-4-18(14-20)24(30)29-12-13-34-26(29)22-15-21(33-2)10-11-23(22)28(25(26)31)16-17-6-8-19(27)9-7-17/h3-11,14-15H,12-13,16H2,1-2H3/t26-/m0/s1. The zero-order valence-electron chi connectivity index (χ0n) is 18.8. The van der Waals surface area contributed by atoms with Crippen LogP contribution in [0, 0.1) is 5.82 Å². The molecule has 6 nitrogen and oxygen atoms in total. The Bertz CT molecular complexity index is 1270. The van der Waals surface area contributed by atoms with Gasteiger partial charge in [0.1, 0.15) is 17.3 Å². The number of amides is 2. The third kappa shape index (κ3) is 3.49. The quantitative estimate of drug-likeness (QED) is 0.543. The number of carbonyl (C=O) groups excluding carboxylic acids is 2. The first-order valence-electron chi connectivity index (χ1n) is 10.8. The van der Waals surface area contributed by atoms with Crippen molar-refractivity contribution in [2.75, 3.05) is 31.4 Å². The second kappa shape index (κ2) is 8.68. The molecule has 3 aromatic rings. The maximum atomic E-state index is 14.1. The molecular weight excluding hydrogens is 455 g/mol. The van der Waals surface area contributed by atoms with Gasteiger partial charge in [0, 0.05) is 23.4 Å². The summed E-state index contributed by atoms with van der Waals surface area (Å²) in [5, 5.41) is 0. The molecule has 5 rings (SSSR count). The molecule has 0 aromatic heterocycles. The van der Waals surface area contributed by atoms with E-state index in [1.54, 1.807) is 66.5 Å². The number of nitrogens with zero attached hydrogens (tertiary/aromatic N) is 2. The molecule has 0 unspecified atom stereocenters. The van der Waals surface area contributed by atoms with E-state index >= 15 is 0 Å². The van der Waals surface area contributed by atoms with Crippen molar-refractivity contribution in [3.05, 3.63) is 89.2 Å². The predicted molar refractivity (Wildman–Crippen MR) is 129 cm³/mol. The number of carbonyl (C=O) groups is 2. The van der Waals surface area contributed by atoms with Crippen LogP contribution in [0.3, 0.4) is 0 Å². The minimum absolute atomic E-state index is 0.196. The van der Waals surface area contributed by atoms with Gasteiger partial charge in [-0.15, -0.1) is 11.8 Å². The summed E-state index contributed by atoms with van der Waals surface area (Å²) in [5.41, 5.74) is 2.68. The number of thioether (sulfide) groups is 1. The zero-order chi connectivity index (χ0) is 23.9. The highest BCUT2D eigenvalue weighted by molar-refractivity contribution is 8.01. The van der Waals surface area contributed by atoms with Crippen LogP contribution in [0.2, 0.25) is 0 Å². The Hall–Kier alpha value is -3.52. The normalized spacial score (nSPS) is 19.0. The summed E-state index contributed by atoms with van der Waals surface area (Å²) in [6, 6.07) is 18.5. The molecule has 0 aliphatic carbocycles. The maximum Gasteiger partial charge on any atom is 0.268 e. The van der Waals surface area contributed by atoms with E-state index in [9.17, 15) is 14.0 Å². The van der Waals surface area contributed by atoms with Gasteiger partial charge in [-0.05, 0) is 54.1 Å². The molecule has 34 heavy (non-hydrogen) atoms. The van der Waals surface area contributed by atoms with Crippen molar-refractivity contribution in [3.63, 3.8) is 0 Å². The summed E-state index contributed by atoms with van der Waals surface area (Å²) >= 11 is 1.45. The van der Waals surface area contributed by atoms with Gasteiger partial charge in [0.25, 0.3) is 11.8 Å². The van der Waals surface area contributed by atoms with E-state index in [4.69, 9.17) is 9.47 Å². The van der Waals surface area contributed by atoms with Crippen LogP contribution in [-0.4, -0.2) is 43.2 Å². The van der Waals surface area contributed by atoms with Gasteiger partial charge in [0.2, 0.25) is 0 Å². The van der Waals surface area contributed by atoms with E-state index in [0.717, 1.165) is 11.1 Å². The lowest BCUT2D eigenvalue weighted by Crippen LogP contribution is -2.50. The van der Waals surface area contributed by atoms with Crippen LogP contribution in [0.4, 0.5) is 10.1 Å². The van der Waals surface area contributed by atoms with Crippen molar-refractivity contribution in [1.29, 1.82) is 0 Å². The summed E-state index contributed by atoms with van der Waals surface area (Å²) in [6.07, 6.45) is 0. The number of benzene rings is 3. The Morgan fingerprint density at radius 2 is 1.76 bits per heavy atom. The van der Waals surface area contributed by atoms with Gasteiger partial charge in [-0.25, -0.2) is 4.39 Å². The summed E-state index contributed by atoms with van der Waals surface area (Å²) in [4.78, 5) is 29.9. The van der Waals surface area contributed by atoms with Crippen molar-refractivity contribution in [2.45, 2.75) is 11.4 Å². The lowest BCUT2D eigenvalue weighted by molar-refractivity contribution is -0.123. The van der Waals surface area contributed by atoms with Crippen LogP contribution in [0.5, 0.6) is 11.5 Å². The van der Waals surface area contributed by atoms with Crippen LogP contribution in [0.15, 0.2) is 66.7 Å². The van der Waals surface area contributed by atoms with Crippen molar-refractivity contribution in [3.8, 4) is 11.5 Å². The summed E-state index contributed by atoms with van der Waals surface area (Å²) in [6.45, 7) is 0.690. The van der Waals surface area contributed by atoms with Crippen molar-refractivity contribution >= 4 is 29.3 Å². The van der Waals surface area contributed by atoms with Crippen molar-refractivity contribution in [2.24, 2.45) is 0 Å². The topological polar surface area (TPSA) is 59.1 Å². The fraction of sp³-hybridized carbons (Fsp3) is 0.231. The number of methoxy groups -OCH3 is 2. The molecule has 2 aliphatic rings. The Balaban J connectivity index is 1.59. The molecule has 0 bridgehead atoms. The first kappa shape index (κ1) is 22.3. The van der Waals surface area contributed by atoms with Gasteiger partial charge in [-0.2, -0.15) is 0 Å². The lowest BCUT2D eigenvalue weighted by Gasteiger charge is -2.33. The molecule has 0 radical (unpaired) electrons. The van der Waals surface area contributed by atoms with Crippen LogP contribution in [0.1, 0.15) is 21.5 Å². The molecule has 1 spiro atoms. The highest BCUT2D eigenvalue weighted by Gasteiger charge is 2.59. The zero-order valence-corrected chi connectivity index (χ0v) is 19.6. The van der Waals surface area contributed by atoms with Crippen LogP contribution in [-0.2, 0) is 16.2 Å². The first-order valence-corrected chi connectivity index (χ1v) is 11.8. The molecule has 1 fully saturated rings. The molecule has 2 heterocycles. The smallest absolute Gasteiger partial charge is 0.268 e. The van der Waals surface area contributed by atoms with Crippen LogP contribution in [0.25, 0.3) is 0 Å². The molecule has 174 valence electrons. The Kier molecular flexibility index (Phi) is 5.69. The summed E-state index contributed by atoms with van der Waals surface area (Å²) in [7, 11) is 3.12. The van der Waals surface area contributed by atoms with Crippen LogP contribution < -0.4 is 14.4 Å². The highest BCUT2D eigenvalue weighted by atomic mass is 32.2. The predicted octanol–water partition coefficient (Wildman–Crippen LogP) is 4.43. The third-order valence-corrected chi connectivity index (χ3v) is 7.64. The van der Waals surface area contributed by atoms with Gasteiger partial charge in [0.15, 0.2) is 4.87 Å². The van der Waals surface area contributed by atoms with Gasteiger partial charge in [0.05, 0.1) is 26.5 Å². The molecule has 0 N–H and O–H groups in total. The van der Waals surface area contributed by atoms with Crippen LogP contribution >= 0.6 is 11.8 Å². The van der Waals surface area contributed by atoms with E-state index in [1.165, 1.54) is 23.9 Å². The average Bonchev–Trinajstić information content (AvgIpc) is 3.41. The number of fused-ring (bicyclic) bond motifs is 2. The summed E-state index contributed by atoms with van der Waals surface area (Å²) < 4.78 is 24.2. The van der Waals surface area contributed by atoms with Gasteiger partial charge in [-0.3, -0.25) is 9.59 Å². The first-order chi connectivity index (χ1) is 16.5. The molecule has 1 atom stereocenters. The number of hydrogen-bond donors (Lipinski definition) is 0. The molecule has 8 heteroatoms. The lowest BCUT2D eigenvalue weighted by atomic mass is 10.0.